The van der Waals surface area contributed by atoms with Crippen LogP contribution in [0.3, 0.4) is 0 Å². The predicted molar refractivity (Wildman–Crippen MR) is 98.8 cm³/mol. The standard InChI is InChI=1S/C11H8Br.C10H9.2ClH.Zr/c12-11-7-5-10(6-8-11)9-3-1-2-4-9;1-8-6-9-4-2-3-5-10(9)7-8;;;/h3-8H,1H2;2-7H,1H3;2*1H;/q2*-1;;;+4/p-2. The van der Waals surface area contributed by atoms with E-state index in [1.165, 1.54) is 27.5 Å². The predicted octanol–water partition coefficient (Wildman–Crippen LogP) is 0.468. The molecule has 1 aliphatic carbocycles. The third-order valence-corrected chi connectivity index (χ3v) is 4.17. The van der Waals surface area contributed by atoms with Gasteiger partial charge in [0, 0.05) is 4.47 Å². The Bertz CT molecular complexity index is 799. The molecule has 1 aliphatic rings. The van der Waals surface area contributed by atoms with Crippen molar-refractivity contribution in [3.05, 3.63) is 94.5 Å². The van der Waals surface area contributed by atoms with Crippen LogP contribution in [0, 0.1) is 13.0 Å². The average Bonchev–Trinajstić information content (AvgIpc) is 3.16. The molecule has 0 nitrogen and oxygen atoms in total. The van der Waals surface area contributed by atoms with Crippen LogP contribution in [0.15, 0.2) is 77.3 Å². The number of aryl methyl sites for hydroxylation is 1. The number of halogens is 3. The van der Waals surface area contributed by atoms with Crippen molar-refractivity contribution in [2.24, 2.45) is 0 Å². The SMILES string of the molecule is Brc1ccc(C2=CC[C-]=C2)cc1.Cc1cc2ccccc2[cH-]1.[Cl-].[Cl-].[Zr+4]. The fraction of sp³-hybridized carbons (Fsp3) is 0.0952. The summed E-state index contributed by atoms with van der Waals surface area (Å²) in [5, 5.41) is 2.69. The van der Waals surface area contributed by atoms with Crippen LogP contribution in [-0.2, 0) is 26.2 Å². The van der Waals surface area contributed by atoms with Crippen molar-refractivity contribution < 1.29 is 51.0 Å². The van der Waals surface area contributed by atoms with Gasteiger partial charge in [-0.05, 0) is 12.1 Å². The molecule has 0 aliphatic heterocycles. The molecule has 3 aromatic carbocycles. The summed E-state index contributed by atoms with van der Waals surface area (Å²) in [4.78, 5) is 0. The summed E-state index contributed by atoms with van der Waals surface area (Å²) in [6.07, 6.45) is 8.33. The molecule has 0 saturated heterocycles. The normalized spacial score (nSPS) is 11.4. The van der Waals surface area contributed by atoms with Gasteiger partial charge in [-0.3, -0.25) is 6.08 Å². The van der Waals surface area contributed by atoms with Crippen LogP contribution >= 0.6 is 15.9 Å². The van der Waals surface area contributed by atoms with E-state index in [0.717, 1.165) is 10.9 Å². The Morgan fingerprint density at radius 1 is 1.00 bits per heavy atom. The molecule has 0 N–H and O–H groups in total. The summed E-state index contributed by atoms with van der Waals surface area (Å²) < 4.78 is 1.12. The van der Waals surface area contributed by atoms with Crippen molar-refractivity contribution in [3.63, 3.8) is 0 Å². The fourth-order valence-corrected chi connectivity index (χ4v) is 2.81. The van der Waals surface area contributed by atoms with Gasteiger partial charge in [-0.25, -0.2) is 6.08 Å². The Balaban J connectivity index is 0.000000416. The minimum atomic E-state index is 0. The zero-order chi connectivity index (χ0) is 15.4. The number of hydrogen-bond acceptors (Lipinski definition) is 0. The molecule has 0 atom stereocenters. The molecule has 126 valence electrons. The maximum absolute atomic E-state index is 3.41. The van der Waals surface area contributed by atoms with E-state index in [9.17, 15) is 0 Å². The summed E-state index contributed by atoms with van der Waals surface area (Å²) in [5.74, 6) is 0. The van der Waals surface area contributed by atoms with Gasteiger partial charge >= 0.3 is 26.2 Å². The third-order valence-electron chi connectivity index (χ3n) is 3.64. The zero-order valence-corrected chi connectivity index (χ0v) is 19.3. The second kappa shape index (κ2) is 12.0. The van der Waals surface area contributed by atoms with Gasteiger partial charge in [-0.2, -0.15) is 17.7 Å². The summed E-state index contributed by atoms with van der Waals surface area (Å²) in [5.41, 5.74) is 3.90. The van der Waals surface area contributed by atoms with Crippen molar-refractivity contribution in [2.75, 3.05) is 0 Å². The Kier molecular flexibility index (Phi) is 11.7. The maximum atomic E-state index is 3.41. The smallest absolute Gasteiger partial charge is 1.00 e. The topological polar surface area (TPSA) is 0 Å². The van der Waals surface area contributed by atoms with Crippen LogP contribution in [0.1, 0.15) is 17.5 Å². The first-order valence-electron chi connectivity index (χ1n) is 7.37. The molecule has 0 aromatic heterocycles. The van der Waals surface area contributed by atoms with Crippen LogP contribution in [0.25, 0.3) is 16.3 Å². The molecule has 0 unspecified atom stereocenters. The van der Waals surface area contributed by atoms with Crippen molar-refractivity contribution in [3.8, 4) is 0 Å². The minimum Gasteiger partial charge on any atom is -1.00 e. The largest absolute Gasteiger partial charge is 4.00 e. The molecule has 0 amide bonds. The first kappa shape index (κ1) is 24.5. The molecule has 0 bridgehead atoms. The van der Waals surface area contributed by atoms with E-state index in [1.807, 2.05) is 6.08 Å². The number of rotatable bonds is 1. The van der Waals surface area contributed by atoms with Crippen molar-refractivity contribution in [1.29, 1.82) is 0 Å². The van der Waals surface area contributed by atoms with Gasteiger partial charge in [0.1, 0.15) is 0 Å². The van der Waals surface area contributed by atoms with Crippen molar-refractivity contribution in [2.45, 2.75) is 13.3 Å². The van der Waals surface area contributed by atoms with Crippen molar-refractivity contribution in [1.82, 2.24) is 0 Å². The molecule has 0 spiro atoms. The van der Waals surface area contributed by atoms with Gasteiger partial charge in [0.15, 0.2) is 0 Å². The average molecular weight is 511 g/mol. The summed E-state index contributed by atoms with van der Waals surface area (Å²) in [7, 11) is 0. The number of allylic oxidation sites excluding steroid dienone is 4. The van der Waals surface area contributed by atoms with E-state index < -0.39 is 0 Å². The maximum Gasteiger partial charge on any atom is 4.00 e. The minimum absolute atomic E-state index is 0. The van der Waals surface area contributed by atoms with E-state index in [4.69, 9.17) is 0 Å². The number of benzene rings is 2. The Hall–Kier alpha value is -0.527. The first-order valence-corrected chi connectivity index (χ1v) is 8.16. The summed E-state index contributed by atoms with van der Waals surface area (Å²) in [6.45, 7) is 2.12. The molecule has 4 rings (SSSR count). The summed E-state index contributed by atoms with van der Waals surface area (Å²) in [6, 6.07) is 21.2. The van der Waals surface area contributed by atoms with Gasteiger partial charge in [0.2, 0.25) is 0 Å². The van der Waals surface area contributed by atoms with E-state index in [-0.39, 0.29) is 51.0 Å². The van der Waals surface area contributed by atoms with Crippen LogP contribution in [0.2, 0.25) is 0 Å². The molecular weight excluding hydrogens is 494 g/mol. The number of hydrogen-bond donors (Lipinski definition) is 0. The van der Waals surface area contributed by atoms with Crippen molar-refractivity contribution >= 4 is 32.3 Å². The summed E-state index contributed by atoms with van der Waals surface area (Å²) >= 11 is 3.41. The Labute approximate surface area is 189 Å². The molecule has 0 radical (unpaired) electrons. The van der Waals surface area contributed by atoms with Crippen LogP contribution in [0.5, 0.6) is 0 Å². The van der Waals surface area contributed by atoms with Crippen LogP contribution in [0.4, 0.5) is 0 Å². The fourth-order valence-electron chi connectivity index (χ4n) is 2.55. The van der Waals surface area contributed by atoms with Gasteiger partial charge in [-0.15, -0.1) is 52.6 Å². The molecule has 0 saturated carbocycles. The molecule has 3 aromatic rings. The Morgan fingerprint density at radius 2 is 1.68 bits per heavy atom. The first-order chi connectivity index (χ1) is 10.7. The second-order valence-corrected chi connectivity index (χ2v) is 6.30. The molecule has 25 heavy (non-hydrogen) atoms. The van der Waals surface area contributed by atoms with E-state index >= 15 is 0 Å². The Morgan fingerprint density at radius 3 is 2.28 bits per heavy atom. The molecule has 0 heterocycles. The third kappa shape index (κ3) is 6.95. The molecular formula is C21H17BrCl2Zr. The zero-order valence-electron chi connectivity index (χ0n) is 13.8. The van der Waals surface area contributed by atoms with Gasteiger partial charge in [-0.1, -0.05) is 41.1 Å². The van der Waals surface area contributed by atoms with E-state index in [0.29, 0.717) is 0 Å². The van der Waals surface area contributed by atoms with Crippen LogP contribution < -0.4 is 24.8 Å². The molecule has 0 fully saturated rings. The van der Waals surface area contributed by atoms with E-state index in [1.54, 1.807) is 0 Å². The van der Waals surface area contributed by atoms with E-state index in [2.05, 4.69) is 95.7 Å². The number of fused-ring (bicyclic) bond motifs is 1. The quantitative estimate of drug-likeness (QED) is 0.417. The van der Waals surface area contributed by atoms with Gasteiger partial charge in [0.25, 0.3) is 0 Å². The second-order valence-electron chi connectivity index (χ2n) is 5.38. The molecule has 4 heteroatoms. The monoisotopic (exact) mass is 508 g/mol. The van der Waals surface area contributed by atoms with Gasteiger partial charge in [0.05, 0.1) is 0 Å². The van der Waals surface area contributed by atoms with Crippen LogP contribution in [-0.4, -0.2) is 0 Å². The van der Waals surface area contributed by atoms with Gasteiger partial charge < -0.3 is 24.8 Å².